The highest BCUT2D eigenvalue weighted by Gasteiger charge is 2.43. The summed E-state index contributed by atoms with van der Waals surface area (Å²) in [6, 6.07) is 18.2. The molecule has 1 aromatic heterocycles. The van der Waals surface area contributed by atoms with E-state index in [1.807, 2.05) is 47.4 Å². The van der Waals surface area contributed by atoms with Gasteiger partial charge in [-0.3, -0.25) is 4.90 Å². The summed E-state index contributed by atoms with van der Waals surface area (Å²) in [6.45, 7) is 0.414. The summed E-state index contributed by atoms with van der Waals surface area (Å²) in [6.07, 6.45) is 6.14. The number of amides is 1. The van der Waals surface area contributed by atoms with Gasteiger partial charge in [-0.05, 0) is 37.0 Å². The number of ether oxygens (including phenoxy) is 1. The lowest BCUT2D eigenvalue weighted by Gasteiger charge is -2.37. The Kier molecular flexibility index (Phi) is 4.92. The first-order valence-electron chi connectivity index (χ1n) is 10.6. The monoisotopic (exact) mass is 390 g/mol. The molecule has 0 radical (unpaired) electrons. The van der Waals surface area contributed by atoms with Gasteiger partial charge in [-0.25, -0.2) is 4.79 Å². The molecule has 2 fully saturated rings. The van der Waals surface area contributed by atoms with Crippen LogP contribution in [0.4, 0.5) is 4.79 Å². The standard InChI is InChI=1S/C23H26N4O2/c28-23-26(19(16-29-23)15-17-9-3-1-4-10-17)22(18-11-5-2-6-12-18)27-24-20-13-7-8-14-21(20)25-27/h1,3-4,7-10,13-14,18-19,22H,2,5-6,11-12,15-16H2/t19-,22?/m0/s1. The van der Waals surface area contributed by atoms with Gasteiger partial charge in [0.1, 0.15) is 17.6 Å². The van der Waals surface area contributed by atoms with E-state index in [1.165, 1.54) is 24.8 Å². The van der Waals surface area contributed by atoms with Crippen LogP contribution in [0.3, 0.4) is 0 Å². The molecule has 1 saturated carbocycles. The van der Waals surface area contributed by atoms with Crippen molar-refractivity contribution in [1.29, 1.82) is 0 Å². The lowest BCUT2D eigenvalue weighted by molar-refractivity contribution is 0.0549. The van der Waals surface area contributed by atoms with Gasteiger partial charge in [0.05, 0.1) is 6.04 Å². The lowest BCUT2D eigenvalue weighted by Crippen LogP contribution is -2.45. The minimum absolute atomic E-state index is 0.00839. The van der Waals surface area contributed by atoms with E-state index < -0.39 is 0 Å². The molecule has 0 N–H and O–H groups in total. The van der Waals surface area contributed by atoms with E-state index in [4.69, 9.17) is 14.9 Å². The Labute approximate surface area is 170 Å². The Morgan fingerprint density at radius 1 is 0.931 bits per heavy atom. The van der Waals surface area contributed by atoms with Crippen LogP contribution in [0, 0.1) is 5.92 Å². The van der Waals surface area contributed by atoms with Gasteiger partial charge in [0.2, 0.25) is 0 Å². The second-order valence-electron chi connectivity index (χ2n) is 8.15. The molecule has 150 valence electrons. The number of fused-ring (bicyclic) bond motifs is 1. The van der Waals surface area contributed by atoms with Crippen LogP contribution in [0.15, 0.2) is 54.6 Å². The molecule has 5 rings (SSSR count). The highest BCUT2D eigenvalue weighted by atomic mass is 16.6. The molecule has 1 unspecified atom stereocenters. The summed E-state index contributed by atoms with van der Waals surface area (Å²) >= 11 is 0. The fourth-order valence-corrected chi connectivity index (χ4v) is 4.79. The largest absolute Gasteiger partial charge is 0.447 e. The average Bonchev–Trinajstić information content (AvgIpc) is 3.34. The number of carbonyl (C=O) groups excluding carboxylic acids is 1. The Morgan fingerprint density at radius 3 is 2.28 bits per heavy atom. The maximum absolute atomic E-state index is 12.9. The molecule has 2 aliphatic rings. The molecule has 6 nitrogen and oxygen atoms in total. The molecular formula is C23H26N4O2. The third-order valence-corrected chi connectivity index (χ3v) is 6.21. The van der Waals surface area contributed by atoms with Gasteiger partial charge < -0.3 is 4.74 Å². The van der Waals surface area contributed by atoms with Gasteiger partial charge in [0, 0.05) is 5.92 Å². The first-order valence-corrected chi connectivity index (χ1v) is 10.6. The number of aromatic nitrogens is 3. The van der Waals surface area contributed by atoms with Gasteiger partial charge in [-0.2, -0.15) is 15.0 Å². The van der Waals surface area contributed by atoms with Crippen molar-refractivity contribution in [2.24, 2.45) is 5.92 Å². The summed E-state index contributed by atoms with van der Waals surface area (Å²) in [5.74, 6) is 0.342. The zero-order valence-corrected chi connectivity index (χ0v) is 16.5. The predicted octanol–water partition coefficient (Wildman–Crippen LogP) is 4.57. The van der Waals surface area contributed by atoms with Crippen molar-refractivity contribution < 1.29 is 9.53 Å². The van der Waals surface area contributed by atoms with Gasteiger partial charge in [-0.15, -0.1) is 0 Å². The first-order chi connectivity index (χ1) is 14.3. The summed E-state index contributed by atoms with van der Waals surface area (Å²) in [4.78, 5) is 16.6. The molecular weight excluding hydrogens is 364 g/mol. The second kappa shape index (κ2) is 7.85. The molecule has 29 heavy (non-hydrogen) atoms. The van der Waals surface area contributed by atoms with E-state index in [9.17, 15) is 4.79 Å². The van der Waals surface area contributed by atoms with E-state index in [0.29, 0.717) is 12.5 Å². The summed E-state index contributed by atoms with van der Waals surface area (Å²) in [7, 11) is 0. The molecule has 1 aliphatic carbocycles. The molecule has 0 spiro atoms. The number of cyclic esters (lactones) is 1. The average molecular weight is 390 g/mol. The number of nitrogens with zero attached hydrogens (tertiary/aromatic N) is 4. The third-order valence-electron chi connectivity index (χ3n) is 6.21. The van der Waals surface area contributed by atoms with E-state index in [0.717, 1.165) is 30.3 Å². The first kappa shape index (κ1) is 18.2. The Morgan fingerprint density at radius 2 is 1.59 bits per heavy atom. The summed E-state index contributed by atoms with van der Waals surface area (Å²) in [5.41, 5.74) is 2.93. The molecule has 6 heteroatoms. The highest BCUT2D eigenvalue weighted by molar-refractivity contribution is 5.73. The van der Waals surface area contributed by atoms with Crippen molar-refractivity contribution in [3.05, 3.63) is 60.2 Å². The maximum atomic E-state index is 12.9. The van der Waals surface area contributed by atoms with Crippen molar-refractivity contribution in [2.45, 2.75) is 50.7 Å². The second-order valence-corrected chi connectivity index (χ2v) is 8.15. The van der Waals surface area contributed by atoms with Crippen LogP contribution in [0.25, 0.3) is 11.0 Å². The topological polar surface area (TPSA) is 60.2 Å². The Hall–Kier alpha value is -2.89. The molecule has 1 saturated heterocycles. The number of hydrogen-bond donors (Lipinski definition) is 0. The molecule has 3 aromatic rings. The van der Waals surface area contributed by atoms with Gasteiger partial charge in [0.25, 0.3) is 0 Å². The zero-order valence-electron chi connectivity index (χ0n) is 16.5. The van der Waals surface area contributed by atoms with Crippen molar-refractivity contribution in [3.8, 4) is 0 Å². The minimum atomic E-state index is -0.247. The highest BCUT2D eigenvalue weighted by Crippen LogP contribution is 2.38. The fraction of sp³-hybridized carbons (Fsp3) is 0.435. The quantitative estimate of drug-likeness (QED) is 0.640. The number of rotatable bonds is 5. The molecule has 0 bridgehead atoms. The smallest absolute Gasteiger partial charge is 0.412 e. The molecule has 2 heterocycles. The van der Waals surface area contributed by atoms with E-state index >= 15 is 0 Å². The molecule has 1 aliphatic heterocycles. The van der Waals surface area contributed by atoms with Crippen molar-refractivity contribution in [2.75, 3.05) is 6.61 Å². The normalized spacial score (nSPS) is 21.4. The van der Waals surface area contributed by atoms with Crippen molar-refractivity contribution in [1.82, 2.24) is 19.9 Å². The van der Waals surface area contributed by atoms with Crippen molar-refractivity contribution >= 4 is 17.1 Å². The number of hydrogen-bond acceptors (Lipinski definition) is 4. The van der Waals surface area contributed by atoms with Crippen LogP contribution in [0.5, 0.6) is 0 Å². The van der Waals surface area contributed by atoms with Crippen LogP contribution >= 0.6 is 0 Å². The van der Waals surface area contributed by atoms with E-state index in [-0.39, 0.29) is 18.3 Å². The number of carbonyl (C=O) groups is 1. The van der Waals surface area contributed by atoms with Crippen LogP contribution in [0.2, 0.25) is 0 Å². The SMILES string of the molecule is O=C1OC[C@H](Cc2ccccc2)N1C(C1CCCCC1)n1nc2ccccc2n1. The van der Waals surface area contributed by atoms with Gasteiger partial charge in [0.15, 0.2) is 6.17 Å². The predicted molar refractivity (Wildman–Crippen MR) is 110 cm³/mol. The number of benzene rings is 2. The third kappa shape index (κ3) is 3.59. The summed E-state index contributed by atoms with van der Waals surface area (Å²) < 4.78 is 5.54. The fourth-order valence-electron chi connectivity index (χ4n) is 4.79. The maximum Gasteiger partial charge on any atom is 0.412 e. The van der Waals surface area contributed by atoms with Crippen molar-refractivity contribution in [3.63, 3.8) is 0 Å². The van der Waals surface area contributed by atoms with Gasteiger partial charge >= 0.3 is 6.09 Å². The minimum Gasteiger partial charge on any atom is -0.447 e. The lowest BCUT2D eigenvalue weighted by atomic mass is 9.86. The summed E-state index contributed by atoms with van der Waals surface area (Å²) in [5, 5.41) is 9.53. The molecule has 2 atom stereocenters. The van der Waals surface area contributed by atoms with Crippen LogP contribution in [0.1, 0.15) is 43.8 Å². The Balaban J connectivity index is 1.52. The van der Waals surface area contributed by atoms with Crippen LogP contribution in [-0.4, -0.2) is 38.6 Å². The van der Waals surface area contributed by atoms with E-state index in [1.54, 1.807) is 4.80 Å². The molecule has 1 amide bonds. The zero-order chi connectivity index (χ0) is 19.6. The van der Waals surface area contributed by atoms with E-state index in [2.05, 4.69) is 12.1 Å². The molecule has 2 aromatic carbocycles. The Bertz CT molecular complexity index is 948. The van der Waals surface area contributed by atoms with Crippen LogP contribution < -0.4 is 0 Å². The van der Waals surface area contributed by atoms with Crippen LogP contribution in [-0.2, 0) is 11.2 Å². The van der Waals surface area contributed by atoms with Gasteiger partial charge in [-0.1, -0.05) is 61.7 Å².